The van der Waals surface area contributed by atoms with Crippen molar-refractivity contribution in [2.24, 2.45) is 5.92 Å². The van der Waals surface area contributed by atoms with Crippen molar-refractivity contribution in [2.45, 2.75) is 17.4 Å². The molecule has 3 rings (SSSR count). The van der Waals surface area contributed by atoms with Crippen molar-refractivity contribution in [2.75, 3.05) is 6.61 Å². The normalized spacial score (nSPS) is 21.7. The van der Waals surface area contributed by atoms with Crippen LogP contribution in [0.3, 0.4) is 0 Å². The SMILES string of the molecule is Clc1ccc([C@H](Cn2ccnc2)OCC2C=CSC2Cl)c(Cl)c1. The van der Waals surface area contributed by atoms with Gasteiger partial charge in [0.25, 0.3) is 0 Å². The third-order valence-electron chi connectivity index (χ3n) is 3.61. The van der Waals surface area contributed by atoms with Crippen LogP contribution in [0.15, 0.2) is 48.4 Å². The number of nitrogens with zero attached hydrogens (tertiary/aromatic N) is 2. The first-order valence-corrected chi connectivity index (χ1v) is 9.25. The van der Waals surface area contributed by atoms with Crippen LogP contribution in [0.2, 0.25) is 10.0 Å². The number of halogens is 3. The van der Waals surface area contributed by atoms with Gasteiger partial charge in [0.15, 0.2) is 0 Å². The number of benzene rings is 1. The summed E-state index contributed by atoms with van der Waals surface area (Å²) in [7, 11) is 0. The van der Waals surface area contributed by atoms with Crippen LogP contribution in [-0.4, -0.2) is 20.9 Å². The molecule has 23 heavy (non-hydrogen) atoms. The molecular weight excluding hydrogens is 375 g/mol. The number of thioether (sulfide) groups is 1. The first-order chi connectivity index (χ1) is 11.1. The molecule has 2 aromatic rings. The fourth-order valence-corrected chi connectivity index (χ4v) is 4.04. The standard InChI is InChI=1S/C16H15Cl3N2OS/c17-12-1-2-13(14(18)7-12)15(8-21-5-4-20-10-21)22-9-11-3-6-23-16(11)19/h1-7,10-11,15-16H,8-9H2/t11?,15-,16?/m0/s1. The van der Waals surface area contributed by atoms with E-state index in [1.807, 2.05) is 28.3 Å². The minimum Gasteiger partial charge on any atom is -0.371 e. The number of hydrogen-bond acceptors (Lipinski definition) is 3. The van der Waals surface area contributed by atoms with Crippen LogP contribution in [0.25, 0.3) is 0 Å². The molecule has 0 fully saturated rings. The van der Waals surface area contributed by atoms with Gasteiger partial charge in [0.05, 0.1) is 24.2 Å². The van der Waals surface area contributed by atoms with Gasteiger partial charge < -0.3 is 9.30 Å². The molecule has 0 bridgehead atoms. The van der Waals surface area contributed by atoms with Crippen LogP contribution in [0.4, 0.5) is 0 Å². The number of aromatic nitrogens is 2. The smallest absolute Gasteiger partial charge is 0.102 e. The van der Waals surface area contributed by atoms with Crippen LogP contribution in [0.5, 0.6) is 0 Å². The van der Waals surface area contributed by atoms with Crippen LogP contribution < -0.4 is 0 Å². The maximum absolute atomic E-state index is 6.36. The van der Waals surface area contributed by atoms with Crippen molar-refractivity contribution < 1.29 is 4.74 Å². The maximum Gasteiger partial charge on any atom is 0.102 e. The monoisotopic (exact) mass is 388 g/mol. The molecule has 1 aromatic carbocycles. The fourth-order valence-electron chi connectivity index (χ4n) is 2.36. The van der Waals surface area contributed by atoms with E-state index in [-0.39, 0.29) is 16.7 Å². The van der Waals surface area contributed by atoms with Crippen LogP contribution in [0.1, 0.15) is 11.7 Å². The second kappa shape index (κ2) is 7.95. The topological polar surface area (TPSA) is 27.1 Å². The molecule has 1 aliphatic rings. The number of hydrogen-bond donors (Lipinski definition) is 0. The summed E-state index contributed by atoms with van der Waals surface area (Å²) < 4.78 is 8.13. The summed E-state index contributed by atoms with van der Waals surface area (Å²) in [5, 5.41) is 3.23. The summed E-state index contributed by atoms with van der Waals surface area (Å²) >= 11 is 20.2. The van der Waals surface area contributed by atoms with Gasteiger partial charge in [-0.25, -0.2) is 4.98 Å². The van der Waals surface area contributed by atoms with Gasteiger partial charge >= 0.3 is 0 Å². The van der Waals surface area contributed by atoms with Crippen molar-refractivity contribution in [3.63, 3.8) is 0 Å². The van der Waals surface area contributed by atoms with E-state index in [9.17, 15) is 0 Å². The first-order valence-electron chi connectivity index (χ1n) is 7.12. The summed E-state index contributed by atoms with van der Waals surface area (Å²) in [4.78, 5) is 4.07. The second-order valence-corrected chi connectivity index (χ2v) is 7.85. The molecule has 0 saturated heterocycles. The molecular formula is C16H15Cl3N2OS. The van der Waals surface area contributed by atoms with Crippen LogP contribution in [0, 0.1) is 5.92 Å². The van der Waals surface area contributed by atoms with Gasteiger partial charge in [-0.05, 0) is 17.5 Å². The number of ether oxygens (including phenoxy) is 1. The number of rotatable bonds is 6. The maximum atomic E-state index is 6.36. The summed E-state index contributed by atoms with van der Waals surface area (Å²) in [5.41, 5.74) is 0.908. The molecule has 7 heteroatoms. The zero-order chi connectivity index (χ0) is 16.2. The highest BCUT2D eigenvalue weighted by Crippen LogP contribution is 2.35. The summed E-state index contributed by atoms with van der Waals surface area (Å²) in [6, 6.07) is 5.46. The third-order valence-corrected chi connectivity index (χ3v) is 5.72. The Morgan fingerprint density at radius 1 is 1.35 bits per heavy atom. The van der Waals surface area contributed by atoms with E-state index in [0.29, 0.717) is 23.2 Å². The predicted molar refractivity (Wildman–Crippen MR) is 97.2 cm³/mol. The van der Waals surface area contributed by atoms with Crippen molar-refractivity contribution >= 4 is 46.6 Å². The van der Waals surface area contributed by atoms with E-state index < -0.39 is 0 Å². The van der Waals surface area contributed by atoms with Crippen molar-refractivity contribution in [1.82, 2.24) is 9.55 Å². The van der Waals surface area contributed by atoms with Crippen molar-refractivity contribution in [3.05, 3.63) is 64.0 Å². The van der Waals surface area contributed by atoms with Gasteiger partial charge in [0, 0.05) is 33.9 Å². The quantitative estimate of drug-likeness (QED) is 0.620. The lowest BCUT2D eigenvalue weighted by molar-refractivity contribution is 0.0284. The Bertz CT molecular complexity index is 678. The number of alkyl halides is 1. The lowest BCUT2D eigenvalue weighted by Crippen LogP contribution is -2.19. The van der Waals surface area contributed by atoms with E-state index in [0.717, 1.165) is 5.56 Å². The highest BCUT2D eigenvalue weighted by molar-refractivity contribution is 8.04. The molecule has 0 amide bonds. The molecule has 1 aromatic heterocycles. The summed E-state index contributed by atoms with van der Waals surface area (Å²) in [6.45, 7) is 1.16. The van der Waals surface area contributed by atoms with Gasteiger partial charge in [-0.15, -0.1) is 23.4 Å². The van der Waals surface area contributed by atoms with E-state index in [1.165, 1.54) is 0 Å². The van der Waals surface area contributed by atoms with Gasteiger partial charge in [-0.2, -0.15) is 0 Å². The molecule has 0 radical (unpaired) electrons. The van der Waals surface area contributed by atoms with Crippen LogP contribution >= 0.6 is 46.6 Å². The molecule has 122 valence electrons. The third kappa shape index (κ3) is 4.46. The largest absolute Gasteiger partial charge is 0.371 e. The van der Waals surface area contributed by atoms with E-state index in [4.69, 9.17) is 39.5 Å². The Morgan fingerprint density at radius 3 is 2.87 bits per heavy atom. The molecule has 0 aliphatic carbocycles. The second-order valence-electron chi connectivity index (χ2n) is 5.23. The lowest BCUT2D eigenvalue weighted by Gasteiger charge is -2.22. The van der Waals surface area contributed by atoms with Crippen molar-refractivity contribution in [3.8, 4) is 0 Å². The Labute approximate surface area is 154 Å². The van der Waals surface area contributed by atoms with Gasteiger partial charge in [0.2, 0.25) is 0 Å². The molecule has 0 saturated carbocycles. The predicted octanol–water partition coefficient (Wildman–Crippen LogP) is 5.39. The van der Waals surface area contributed by atoms with E-state index in [2.05, 4.69) is 11.1 Å². The van der Waals surface area contributed by atoms with E-state index in [1.54, 1.807) is 30.4 Å². The average molecular weight is 390 g/mol. The molecule has 3 atom stereocenters. The fraction of sp³-hybridized carbons (Fsp3) is 0.312. The van der Waals surface area contributed by atoms with E-state index >= 15 is 0 Å². The van der Waals surface area contributed by atoms with Gasteiger partial charge in [0.1, 0.15) is 6.10 Å². The zero-order valence-electron chi connectivity index (χ0n) is 12.1. The Morgan fingerprint density at radius 2 is 2.22 bits per heavy atom. The molecule has 2 unspecified atom stereocenters. The molecule has 0 spiro atoms. The summed E-state index contributed by atoms with van der Waals surface area (Å²) in [5.74, 6) is 0.193. The van der Waals surface area contributed by atoms with Crippen LogP contribution in [-0.2, 0) is 11.3 Å². The van der Waals surface area contributed by atoms with Crippen molar-refractivity contribution in [1.29, 1.82) is 0 Å². The Kier molecular flexibility index (Phi) is 5.94. The van der Waals surface area contributed by atoms with Gasteiger partial charge in [-0.3, -0.25) is 0 Å². The Balaban J connectivity index is 1.76. The minimum absolute atomic E-state index is 0.0181. The lowest BCUT2D eigenvalue weighted by atomic mass is 10.1. The zero-order valence-corrected chi connectivity index (χ0v) is 15.2. The highest BCUT2D eigenvalue weighted by Gasteiger charge is 2.24. The molecule has 3 nitrogen and oxygen atoms in total. The molecule has 0 N–H and O–H groups in total. The molecule has 2 heterocycles. The molecule has 1 aliphatic heterocycles. The highest BCUT2D eigenvalue weighted by atomic mass is 35.5. The number of imidazole rings is 1. The Hall–Kier alpha value is -0.650. The minimum atomic E-state index is -0.197. The van der Waals surface area contributed by atoms with Gasteiger partial charge in [-0.1, -0.05) is 35.3 Å². The average Bonchev–Trinajstić information content (AvgIpc) is 3.16. The first kappa shape index (κ1) is 17.2. The summed E-state index contributed by atoms with van der Waals surface area (Å²) in [6.07, 6.45) is 7.29.